The lowest BCUT2D eigenvalue weighted by Gasteiger charge is -2.34. The van der Waals surface area contributed by atoms with Crippen LogP contribution in [0.15, 0.2) is 58.4 Å². The van der Waals surface area contributed by atoms with Gasteiger partial charge in [-0.05, 0) is 29.7 Å². The van der Waals surface area contributed by atoms with E-state index in [1.165, 1.54) is 15.9 Å². The molecule has 2 aliphatic rings. The summed E-state index contributed by atoms with van der Waals surface area (Å²) in [6.07, 6.45) is 4.10. The summed E-state index contributed by atoms with van der Waals surface area (Å²) in [5.74, 6) is 0.520. The second-order valence-corrected chi connectivity index (χ2v) is 10.9. The van der Waals surface area contributed by atoms with E-state index in [4.69, 9.17) is 0 Å². The summed E-state index contributed by atoms with van der Waals surface area (Å²) in [5, 5.41) is 1.65. The van der Waals surface area contributed by atoms with Crippen LogP contribution < -0.4 is 4.90 Å². The van der Waals surface area contributed by atoms with Gasteiger partial charge in [0.2, 0.25) is 5.95 Å². The number of fused-ring (bicyclic) bond motifs is 1. The molecule has 1 aromatic carbocycles. The number of amides is 1. The van der Waals surface area contributed by atoms with Gasteiger partial charge in [0.1, 0.15) is 4.21 Å². The summed E-state index contributed by atoms with van der Waals surface area (Å²) in [6, 6.07) is 11.2. The molecule has 8 nitrogen and oxygen atoms in total. The lowest BCUT2D eigenvalue weighted by atomic mass is 10.0. The molecule has 4 heterocycles. The number of piperazine rings is 1. The van der Waals surface area contributed by atoms with E-state index in [9.17, 15) is 13.2 Å². The van der Waals surface area contributed by atoms with Crippen LogP contribution in [0.3, 0.4) is 0 Å². The number of benzene rings is 1. The number of carbonyl (C=O) groups excluding carboxylic acids is 1. The minimum absolute atomic E-state index is 0.139. The maximum absolute atomic E-state index is 13.2. The van der Waals surface area contributed by atoms with Gasteiger partial charge in [0.15, 0.2) is 0 Å². The largest absolute Gasteiger partial charge is 0.337 e. The van der Waals surface area contributed by atoms with Crippen molar-refractivity contribution in [3.05, 3.63) is 70.9 Å². The third-order valence-electron chi connectivity index (χ3n) is 5.91. The SMILES string of the molecule is O=C(c1csc(S(=O)(=O)N2CCc3ccccc3C2)c1)N1CCN(c2ncccn2)CC1. The van der Waals surface area contributed by atoms with Gasteiger partial charge < -0.3 is 9.80 Å². The highest BCUT2D eigenvalue weighted by atomic mass is 32.2. The third-order valence-corrected chi connectivity index (χ3v) is 9.17. The third kappa shape index (κ3) is 4.01. The number of carbonyl (C=O) groups is 1. The van der Waals surface area contributed by atoms with Crippen molar-refractivity contribution in [2.45, 2.75) is 17.2 Å². The molecule has 0 unspecified atom stereocenters. The average Bonchev–Trinajstić information content (AvgIpc) is 3.35. The molecule has 0 atom stereocenters. The molecular formula is C22H23N5O3S2. The van der Waals surface area contributed by atoms with Crippen molar-refractivity contribution in [1.82, 2.24) is 19.2 Å². The summed E-state index contributed by atoms with van der Waals surface area (Å²) < 4.78 is 28.1. The highest BCUT2D eigenvalue weighted by Gasteiger charge is 2.31. The van der Waals surface area contributed by atoms with Crippen LogP contribution in [-0.2, 0) is 23.0 Å². The zero-order valence-corrected chi connectivity index (χ0v) is 19.1. The number of thiophene rings is 1. The zero-order valence-electron chi connectivity index (χ0n) is 17.4. The standard InChI is InChI=1S/C22H23N5O3S2/c28-21(25-10-12-26(13-11-25)22-23-7-3-8-24-22)19-14-20(31-16-19)32(29,30)27-9-6-17-4-1-2-5-18(17)15-27/h1-5,7-8,14,16H,6,9-13,15H2. The van der Waals surface area contributed by atoms with Crippen molar-refractivity contribution in [1.29, 1.82) is 0 Å². The second kappa shape index (κ2) is 8.61. The molecule has 0 radical (unpaired) electrons. The van der Waals surface area contributed by atoms with Gasteiger partial charge >= 0.3 is 0 Å². The van der Waals surface area contributed by atoms with Crippen LogP contribution in [0.25, 0.3) is 0 Å². The van der Waals surface area contributed by atoms with E-state index in [-0.39, 0.29) is 10.1 Å². The predicted octanol–water partition coefficient (Wildman–Crippen LogP) is 2.25. The quantitative estimate of drug-likeness (QED) is 0.583. The first-order chi connectivity index (χ1) is 15.5. The molecule has 0 aliphatic carbocycles. The number of nitrogens with zero attached hydrogens (tertiary/aromatic N) is 5. The maximum atomic E-state index is 13.2. The van der Waals surface area contributed by atoms with Crippen molar-refractivity contribution in [2.24, 2.45) is 0 Å². The van der Waals surface area contributed by atoms with E-state index in [1.807, 2.05) is 29.2 Å². The van der Waals surface area contributed by atoms with Gasteiger partial charge in [-0.15, -0.1) is 11.3 Å². The van der Waals surface area contributed by atoms with Crippen LogP contribution in [0.1, 0.15) is 21.5 Å². The van der Waals surface area contributed by atoms with Gasteiger partial charge in [-0.25, -0.2) is 18.4 Å². The Balaban J connectivity index is 1.26. The molecule has 0 N–H and O–H groups in total. The van der Waals surface area contributed by atoms with Crippen LogP contribution in [0.2, 0.25) is 0 Å². The summed E-state index contributed by atoms with van der Waals surface area (Å²) >= 11 is 1.11. The van der Waals surface area contributed by atoms with Crippen LogP contribution >= 0.6 is 11.3 Å². The van der Waals surface area contributed by atoms with Gasteiger partial charge in [0.05, 0.1) is 5.56 Å². The van der Waals surface area contributed by atoms with Crippen molar-refractivity contribution in [3.63, 3.8) is 0 Å². The highest BCUT2D eigenvalue weighted by Crippen LogP contribution is 2.29. The first kappa shape index (κ1) is 21.0. The molecule has 1 saturated heterocycles. The van der Waals surface area contributed by atoms with Crippen molar-refractivity contribution >= 4 is 33.2 Å². The summed E-state index contributed by atoms with van der Waals surface area (Å²) in [6.45, 7) is 3.17. The summed E-state index contributed by atoms with van der Waals surface area (Å²) in [4.78, 5) is 25.3. The predicted molar refractivity (Wildman–Crippen MR) is 122 cm³/mol. The fraction of sp³-hybridized carbons (Fsp3) is 0.318. The number of hydrogen-bond acceptors (Lipinski definition) is 7. The normalized spacial score (nSPS) is 17.2. The minimum atomic E-state index is -3.64. The summed E-state index contributed by atoms with van der Waals surface area (Å²) in [5.41, 5.74) is 2.66. The maximum Gasteiger partial charge on any atom is 0.254 e. The molecular weight excluding hydrogens is 446 g/mol. The Morgan fingerprint density at radius 2 is 1.66 bits per heavy atom. The Labute approximate surface area is 191 Å². The van der Waals surface area contributed by atoms with Gasteiger partial charge in [0.25, 0.3) is 15.9 Å². The lowest BCUT2D eigenvalue weighted by Crippen LogP contribution is -2.49. The van der Waals surface area contributed by atoms with Gasteiger partial charge in [-0.2, -0.15) is 4.31 Å². The zero-order chi connectivity index (χ0) is 22.1. The smallest absolute Gasteiger partial charge is 0.254 e. The second-order valence-electron chi connectivity index (χ2n) is 7.84. The Kier molecular flexibility index (Phi) is 5.66. The number of hydrogen-bond donors (Lipinski definition) is 0. The Morgan fingerprint density at radius 1 is 0.938 bits per heavy atom. The van der Waals surface area contributed by atoms with Crippen molar-refractivity contribution < 1.29 is 13.2 Å². The molecule has 1 amide bonds. The van der Waals surface area contributed by atoms with E-state index >= 15 is 0 Å². The first-order valence-corrected chi connectivity index (χ1v) is 12.8. The molecule has 0 spiro atoms. The van der Waals surface area contributed by atoms with E-state index in [0.29, 0.717) is 57.2 Å². The monoisotopic (exact) mass is 469 g/mol. The van der Waals surface area contributed by atoms with Crippen LogP contribution in [0.5, 0.6) is 0 Å². The molecule has 2 aliphatic heterocycles. The molecule has 10 heteroatoms. The Morgan fingerprint density at radius 3 is 2.41 bits per heavy atom. The van der Waals surface area contributed by atoms with Crippen molar-refractivity contribution in [2.75, 3.05) is 37.6 Å². The van der Waals surface area contributed by atoms with E-state index in [2.05, 4.69) is 9.97 Å². The molecule has 166 valence electrons. The fourth-order valence-electron chi connectivity index (χ4n) is 4.11. The number of rotatable bonds is 4. The van der Waals surface area contributed by atoms with E-state index in [1.54, 1.807) is 28.7 Å². The van der Waals surface area contributed by atoms with E-state index in [0.717, 1.165) is 16.9 Å². The highest BCUT2D eigenvalue weighted by molar-refractivity contribution is 7.91. The Hall–Kier alpha value is -2.82. The molecule has 32 heavy (non-hydrogen) atoms. The summed E-state index contributed by atoms with van der Waals surface area (Å²) in [7, 11) is -3.64. The molecule has 2 aromatic heterocycles. The van der Waals surface area contributed by atoms with Gasteiger partial charge in [0, 0.05) is 57.0 Å². The minimum Gasteiger partial charge on any atom is -0.337 e. The lowest BCUT2D eigenvalue weighted by molar-refractivity contribution is 0.0746. The van der Waals surface area contributed by atoms with Crippen LogP contribution in [0.4, 0.5) is 5.95 Å². The fourth-order valence-corrected chi connectivity index (χ4v) is 6.84. The molecule has 1 fully saturated rings. The van der Waals surface area contributed by atoms with Crippen LogP contribution in [0, 0.1) is 0 Å². The van der Waals surface area contributed by atoms with Gasteiger partial charge in [-0.1, -0.05) is 24.3 Å². The molecule has 0 saturated carbocycles. The molecule has 3 aromatic rings. The van der Waals surface area contributed by atoms with Crippen LogP contribution in [-0.4, -0.2) is 66.2 Å². The van der Waals surface area contributed by atoms with E-state index < -0.39 is 10.0 Å². The first-order valence-electron chi connectivity index (χ1n) is 10.5. The van der Waals surface area contributed by atoms with Gasteiger partial charge in [-0.3, -0.25) is 4.79 Å². The number of sulfonamides is 1. The number of aromatic nitrogens is 2. The van der Waals surface area contributed by atoms with Crippen molar-refractivity contribution in [3.8, 4) is 0 Å². The topological polar surface area (TPSA) is 86.7 Å². The average molecular weight is 470 g/mol. The molecule has 0 bridgehead atoms. The molecule has 5 rings (SSSR count). The number of anilines is 1. The Bertz CT molecular complexity index is 1220.